The van der Waals surface area contributed by atoms with Crippen LogP contribution in [-0.2, 0) is 13.5 Å². The second-order valence-corrected chi connectivity index (χ2v) is 6.32. The molecule has 1 heterocycles. The first-order valence-electron chi connectivity index (χ1n) is 8.57. The minimum absolute atomic E-state index is 0.443. The number of benzene rings is 1. The molecule has 24 heavy (non-hydrogen) atoms. The van der Waals surface area contributed by atoms with Gasteiger partial charge in [-0.15, -0.1) is 0 Å². The molecular weight excluding hydrogens is 298 g/mol. The predicted molar refractivity (Wildman–Crippen MR) is 100 cm³/mol. The highest BCUT2D eigenvalue weighted by Gasteiger charge is 2.06. The number of aromatic nitrogens is 2. The van der Waals surface area contributed by atoms with E-state index in [4.69, 9.17) is 0 Å². The van der Waals surface area contributed by atoms with Crippen molar-refractivity contribution in [1.29, 1.82) is 0 Å². The van der Waals surface area contributed by atoms with Crippen LogP contribution in [0.2, 0.25) is 0 Å². The second-order valence-electron chi connectivity index (χ2n) is 6.32. The molecule has 2 aromatic rings. The van der Waals surface area contributed by atoms with Crippen LogP contribution in [0.25, 0.3) is 0 Å². The predicted octanol–water partition coefficient (Wildman–Crippen LogP) is 2.63. The molecule has 5 nitrogen and oxygen atoms in total. The highest BCUT2D eigenvalue weighted by Crippen LogP contribution is 2.15. The summed E-state index contributed by atoms with van der Waals surface area (Å²) in [4.78, 5) is 4.30. The van der Waals surface area contributed by atoms with Crippen molar-refractivity contribution in [2.45, 2.75) is 32.6 Å². The van der Waals surface area contributed by atoms with Gasteiger partial charge in [0.25, 0.3) is 0 Å². The van der Waals surface area contributed by atoms with Crippen LogP contribution in [0.1, 0.15) is 36.0 Å². The number of nitrogens with one attached hydrogen (secondary N) is 2. The minimum Gasteiger partial charge on any atom is -0.356 e. The van der Waals surface area contributed by atoms with Gasteiger partial charge in [0.15, 0.2) is 5.96 Å². The zero-order valence-electron chi connectivity index (χ0n) is 15.2. The van der Waals surface area contributed by atoms with E-state index in [0.717, 1.165) is 31.9 Å². The molecule has 2 N–H and O–H groups in total. The lowest BCUT2D eigenvalue weighted by molar-refractivity contribution is 0.688. The number of guanidine groups is 1. The highest BCUT2D eigenvalue weighted by molar-refractivity contribution is 5.79. The summed E-state index contributed by atoms with van der Waals surface area (Å²) in [7, 11) is 3.76. The molecular formula is C19H29N5. The van der Waals surface area contributed by atoms with Crippen LogP contribution in [0.3, 0.4) is 0 Å². The molecule has 0 radical (unpaired) electrons. The number of aliphatic imine (C=N–C) groups is 1. The van der Waals surface area contributed by atoms with Crippen LogP contribution in [0.4, 0.5) is 0 Å². The maximum absolute atomic E-state index is 4.30. The zero-order valence-corrected chi connectivity index (χ0v) is 15.2. The normalized spacial score (nSPS) is 12.9. The van der Waals surface area contributed by atoms with Crippen molar-refractivity contribution in [3.8, 4) is 0 Å². The topological polar surface area (TPSA) is 54.2 Å². The van der Waals surface area contributed by atoms with Gasteiger partial charge >= 0.3 is 0 Å². The molecule has 1 aromatic carbocycles. The van der Waals surface area contributed by atoms with Crippen molar-refractivity contribution in [2.24, 2.45) is 12.0 Å². The van der Waals surface area contributed by atoms with E-state index in [-0.39, 0.29) is 0 Å². The first-order chi connectivity index (χ1) is 11.6. The number of aryl methyl sites for hydroxylation is 3. The molecule has 0 amide bonds. The Morgan fingerprint density at radius 2 is 2.17 bits per heavy atom. The molecule has 1 atom stereocenters. The number of hydrogen-bond donors (Lipinski definition) is 2. The zero-order chi connectivity index (χ0) is 17.4. The van der Waals surface area contributed by atoms with Crippen LogP contribution in [0.5, 0.6) is 0 Å². The molecule has 0 saturated carbocycles. The van der Waals surface area contributed by atoms with Gasteiger partial charge in [0.05, 0.1) is 6.20 Å². The second kappa shape index (κ2) is 9.11. The Bertz CT molecular complexity index is 659. The fraction of sp³-hybridized carbons (Fsp3) is 0.474. The van der Waals surface area contributed by atoms with Crippen molar-refractivity contribution in [1.82, 2.24) is 20.4 Å². The molecule has 0 fully saturated rings. The van der Waals surface area contributed by atoms with Crippen LogP contribution in [0.15, 0.2) is 41.7 Å². The molecule has 0 spiro atoms. The summed E-state index contributed by atoms with van der Waals surface area (Å²) >= 11 is 0. The SMILES string of the molecule is CN=C(NCCCc1cnn(C)c1)NCC(C)c1cccc(C)c1. The third kappa shape index (κ3) is 5.72. The average Bonchev–Trinajstić information content (AvgIpc) is 2.99. The summed E-state index contributed by atoms with van der Waals surface area (Å²) in [5.41, 5.74) is 3.93. The van der Waals surface area contributed by atoms with Crippen LogP contribution >= 0.6 is 0 Å². The maximum atomic E-state index is 4.30. The van der Waals surface area contributed by atoms with Crippen molar-refractivity contribution >= 4 is 5.96 Å². The van der Waals surface area contributed by atoms with E-state index >= 15 is 0 Å². The van der Waals surface area contributed by atoms with Gasteiger partial charge in [0.1, 0.15) is 0 Å². The summed E-state index contributed by atoms with van der Waals surface area (Å²) in [6.45, 7) is 6.13. The van der Waals surface area contributed by atoms with Gasteiger partial charge in [-0.3, -0.25) is 9.67 Å². The minimum atomic E-state index is 0.443. The Hall–Kier alpha value is -2.30. The average molecular weight is 327 g/mol. The Morgan fingerprint density at radius 1 is 1.33 bits per heavy atom. The van der Waals surface area contributed by atoms with Crippen LogP contribution < -0.4 is 10.6 Å². The van der Waals surface area contributed by atoms with Gasteiger partial charge in [-0.2, -0.15) is 5.10 Å². The van der Waals surface area contributed by atoms with Gasteiger partial charge in [0.2, 0.25) is 0 Å². The van der Waals surface area contributed by atoms with E-state index in [1.54, 1.807) is 0 Å². The molecule has 0 aliphatic rings. The summed E-state index contributed by atoms with van der Waals surface area (Å²) in [5.74, 6) is 1.31. The molecule has 0 bridgehead atoms. The molecule has 1 aromatic heterocycles. The molecule has 1 unspecified atom stereocenters. The standard InChI is InChI=1S/C19H29N5/c1-15-7-5-9-18(11-15)16(2)12-22-19(20-3)21-10-6-8-17-13-23-24(4)14-17/h5,7,9,11,13-14,16H,6,8,10,12H2,1-4H3,(H2,20,21,22). The van der Waals surface area contributed by atoms with E-state index < -0.39 is 0 Å². The molecule has 5 heteroatoms. The molecule has 130 valence electrons. The molecule has 0 aliphatic heterocycles. The lowest BCUT2D eigenvalue weighted by Crippen LogP contribution is -2.39. The third-order valence-corrected chi connectivity index (χ3v) is 4.10. The van der Waals surface area contributed by atoms with Crippen LogP contribution in [0, 0.1) is 6.92 Å². The van der Waals surface area contributed by atoms with E-state index in [2.05, 4.69) is 65.0 Å². The van der Waals surface area contributed by atoms with Gasteiger partial charge in [-0.25, -0.2) is 0 Å². The van der Waals surface area contributed by atoms with E-state index in [1.807, 2.05) is 25.0 Å². The fourth-order valence-corrected chi connectivity index (χ4v) is 2.67. The first kappa shape index (κ1) is 18.0. The molecule has 0 aliphatic carbocycles. The summed E-state index contributed by atoms with van der Waals surface area (Å²) in [5, 5.41) is 11.0. The van der Waals surface area contributed by atoms with Crippen molar-refractivity contribution in [2.75, 3.05) is 20.1 Å². The van der Waals surface area contributed by atoms with Crippen molar-refractivity contribution in [3.63, 3.8) is 0 Å². The molecule has 0 saturated heterocycles. The quantitative estimate of drug-likeness (QED) is 0.467. The third-order valence-electron chi connectivity index (χ3n) is 4.10. The van der Waals surface area contributed by atoms with Gasteiger partial charge < -0.3 is 10.6 Å². The number of nitrogens with zero attached hydrogens (tertiary/aromatic N) is 3. The van der Waals surface area contributed by atoms with Crippen LogP contribution in [-0.4, -0.2) is 35.9 Å². The largest absolute Gasteiger partial charge is 0.356 e. The lowest BCUT2D eigenvalue weighted by atomic mass is 9.99. The molecule has 2 rings (SSSR count). The van der Waals surface area contributed by atoms with Gasteiger partial charge in [0, 0.05) is 33.4 Å². The Balaban J connectivity index is 1.70. The monoisotopic (exact) mass is 327 g/mol. The number of hydrogen-bond acceptors (Lipinski definition) is 2. The Labute approximate surface area is 145 Å². The highest BCUT2D eigenvalue weighted by atomic mass is 15.2. The van der Waals surface area contributed by atoms with E-state index in [9.17, 15) is 0 Å². The lowest BCUT2D eigenvalue weighted by Gasteiger charge is -2.16. The smallest absolute Gasteiger partial charge is 0.190 e. The summed E-state index contributed by atoms with van der Waals surface area (Å²) in [6, 6.07) is 8.68. The summed E-state index contributed by atoms with van der Waals surface area (Å²) < 4.78 is 1.84. The fourth-order valence-electron chi connectivity index (χ4n) is 2.67. The van der Waals surface area contributed by atoms with Crippen molar-refractivity contribution < 1.29 is 0 Å². The Morgan fingerprint density at radius 3 is 2.83 bits per heavy atom. The van der Waals surface area contributed by atoms with Crippen molar-refractivity contribution in [3.05, 3.63) is 53.3 Å². The summed E-state index contributed by atoms with van der Waals surface area (Å²) in [6.07, 6.45) is 6.07. The first-order valence-corrected chi connectivity index (χ1v) is 8.57. The maximum Gasteiger partial charge on any atom is 0.190 e. The van der Waals surface area contributed by atoms with E-state index in [1.165, 1.54) is 16.7 Å². The van der Waals surface area contributed by atoms with Gasteiger partial charge in [-0.1, -0.05) is 36.8 Å². The van der Waals surface area contributed by atoms with E-state index in [0.29, 0.717) is 5.92 Å². The number of rotatable bonds is 7. The Kier molecular flexibility index (Phi) is 6.85. The van der Waals surface area contributed by atoms with Gasteiger partial charge in [-0.05, 0) is 36.8 Å².